The Morgan fingerprint density at radius 3 is 2.62 bits per heavy atom. The molecule has 3 aromatic rings. The molecule has 148 valence electrons. The molecule has 0 radical (unpaired) electrons. The molecule has 1 aliphatic carbocycles. The van der Waals surface area contributed by atoms with Gasteiger partial charge < -0.3 is 5.32 Å². The van der Waals surface area contributed by atoms with E-state index in [9.17, 15) is 9.59 Å². The molecular weight excluding hydrogens is 386 g/mol. The number of carbonyl (C=O) groups excluding carboxylic acids is 2. The molecule has 1 aliphatic rings. The van der Waals surface area contributed by atoms with Gasteiger partial charge in [0.2, 0.25) is 5.91 Å². The van der Waals surface area contributed by atoms with Gasteiger partial charge in [0.05, 0.1) is 5.75 Å². The minimum Gasteiger partial charge on any atom is -0.326 e. The molecule has 0 bridgehead atoms. The number of rotatable bonds is 8. The van der Waals surface area contributed by atoms with Gasteiger partial charge in [-0.25, -0.2) is 0 Å². The Labute approximate surface area is 173 Å². The van der Waals surface area contributed by atoms with E-state index in [1.165, 1.54) is 11.8 Å². The summed E-state index contributed by atoms with van der Waals surface area (Å²) in [7, 11) is 0. The first kappa shape index (κ1) is 19.3. The standard InChI is InChI=1S/C21H21N5O2S/c1-2-19(28)23-16-7-5-14(6-8-16)18(27)13-29-21-25-24-20(26(21)17-9-10-17)15-4-3-11-22-12-15/h3-8,11-12,17H,2,9-10,13H2,1H3,(H,23,28). The fourth-order valence-electron chi connectivity index (χ4n) is 2.93. The van der Waals surface area contributed by atoms with Crippen molar-refractivity contribution in [2.45, 2.75) is 37.4 Å². The van der Waals surface area contributed by atoms with Crippen LogP contribution in [0.2, 0.25) is 0 Å². The van der Waals surface area contributed by atoms with Gasteiger partial charge >= 0.3 is 0 Å². The zero-order chi connectivity index (χ0) is 20.2. The van der Waals surface area contributed by atoms with E-state index in [-0.39, 0.29) is 17.4 Å². The quantitative estimate of drug-likeness (QED) is 0.448. The van der Waals surface area contributed by atoms with Gasteiger partial charge in [0.25, 0.3) is 0 Å². The van der Waals surface area contributed by atoms with Crippen LogP contribution in [0.25, 0.3) is 11.4 Å². The van der Waals surface area contributed by atoms with Crippen LogP contribution >= 0.6 is 11.8 Å². The second-order valence-corrected chi connectivity index (χ2v) is 7.78. The fourth-order valence-corrected chi connectivity index (χ4v) is 3.83. The van der Waals surface area contributed by atoms with Crippen molar-refractivity contribution in [2.75, 3.05) is 11.1 Å². The summed E-state index contributed by atoms with van der Waals surface area (Å²) in [6.45, 7) is 1.80. The van der Waals surface area contributed by atoms with Crippen molar-refractivity contribution in [2.24, 2.45) is 0 Å². The average molecular weight is 407 g/mol. The van der Waals surface area contributed by atoms with Gasteiger partial charge in [0, 0.05) is 41.7 Å². The molecule has 4 rings (SSSR count). The maximum Gasteiger partial charge on any atom is 0.224 e. The maximum atomic E-state index is 12.6. The van der Waals surface area contributed by atoms with Crippen LogP contribution in [-0.4, -0.2) is 37.2 Å². The van der Waals surface area contributed by atoms with Gasteiger partial charge in [-0.3, -0.25) is 19.1 Å². The number of thioether (sulfide) groups is 1. The number of nitrogens with zero attached hydrogens (tertiary/aromatic N) is 4. The number of carbonyl (C=O) groups is 2. The summed E-state index contributed by atoms with van der Waals surface area (Å²) in [5, 5.41) is 12.2. The van der Waals surface area contributed by atoms with Crippen LogP contribution in [0.4, 0.5) is 5.69 Å². The molecule has 0 saturated heterocycles. The number of pyridine rings is 1. The number of nitrogens with one attached hydrogen (secondary N) is 1. The highest BCUT2D eigenvalue weighted by atomic mass is 32.2. The van der Waals surface area contributed by atoms with Crippen LogP contribution < -0.4 is 5.32 Å². The molecule has 1 aromatic carbocycles. The lowest BCUT2D eigenvalue weighted by Crippen LogP contribution is -2.10. The largest absolute Gasteiger partial charge is 0.326 e. The second kappa shape index (κ2) is 8.57. The number of ketones is 1. The maximum absolute atomic E-state index is 12.6. The van der Waals surface area contributed by atoms with Crippen molar-refractivity contribution in [1.29, 1.82) is 0 Å². The molecule has 1 amide bonds. The van der Waals surface area contributed by atoms with Crippen LogP contribution in [-0.2, 0) is 4.79 Å². The van der Waals surface area contributed by atoms with E-state index < -0.39 is 0 Å². The molecule has 2 heterocycles. The highest BCUT2D eigenvalue weighted by molar-refractivity contribution is 7.99. The third-order valence-corrected chi connectivity index (χ3v) is 5.58. The Kier molecular flexibility index (Phi) is 5.71. The predicted octanol–water partition coefficient (Wildman–Crippen LogP) is 4.00. The smallest absolute Gasteiger partial charge is 0.224 e. The third kappa shape index (κ3) is 4.54. The zero-order valence-corrected chi connectivity index (χ0v) is 16.9. The van der Waals surface area contributed by atoms with Gasteiger partial charge in [0.15, 0.2) is 16.8 Å². The van der Waals surface area contributed by atoms with E-state index in [1.807, 2.05) is 12.1 Å². The van der Waals surface area contributed by atoms with Crippen molar-refractivity contribution in [1.82, 2.24) is 19.7 Å². The highest BCUT2D eigenvalue weighted by Crippen LogP contribution is 2.41. The van der Waals surface area contributed by atoms with E-state index in [4.69, 9.17) is 0 Å². The first-order valence-corrected chi connectivity index (χ1v) is 10.6. The number of benzene rings is 1. The number of hydrogen-bond acceptors (Lipinski definition) is 6. The molecule has 1 saturated carbocycles. The SMILES string of the molecule is CCC(=O)Nc1ccc(C(=O)CSc2nnc(-c3cccnc3)n2C2CC2)cc1. The Balaban J connectivity index is 1.45. The van der Waals surface area contributed by atoms with E-state index in [1.54, 1.807) is 43.6 Å². The lowest BCUT2D eigenvalue weighted by molar-refractivity contribution is -0.115. The molecule has 7 nitrogen and oxygen atoms in total. The number of aromatic nitrogens is 4. The summed E-state index contributed by atoms with van der Waals surface area (Å²) in [6, 6.07) is 11.2. The monoisotopic (exact) mass is 407 g/mol. The molecule has 1 N–H and O–H groups in total. The van der Waals surface area contributed by atoms with Crippen molar-refractivity contribution in [3.63, 3.8) is 0 Å². The molecule has 1 fully saturated rings. The van der Waals surface area contributed by atoms with Crippen LogP contribution in [0, 0.1) is 0 Å². The molecule has 0 atom stereocenters. The highest BCUT2D eigenvalue weighted by Gasteiger charge is 2.30. The molecule has 2 aromatic heterocycles. The Bertz CT molecular complexity index is 1010. The first-order valence-electron chi connectivity index (χ1n) is 9.57. The van der Waals surface area contributed by atoms with Crippen molar-refractivity contribution in [3.05, 3.63) is 54.4 Å². The molecular formula is C21H21N5O2S. The summed E-state index contributed by atoms with van der Waals surface area (Å²) in [5.74, 6) is 1.03. The predicted molar refractivity (Wildman–Crippen MR) is 112 cm³/mol. The van der Waals surface area contributed by atoms with Crippen LogP contribution in [0.15, 0.2) is 53.9 Å². The van der Waals surface area contributed by atoms with Gasteiger partial charge in [-0.15, -0.1) is 10.2 Å². The van der Waals surface area contributed by atoms with E-state index in [2.05, 4.69) is 25.1 Å². The zero-order valence-electron chi connectivity index (χ0n) is 16.0. The molecule has 29 heavy (non-hydrogen) atoms. The van der Waals surface area contributed by atoms with Crippen molar-refractivity contribution in [3.8, 4) is 11.4 Å². The third-order valence-electron chi connectivity index (χ3n) is 4.64. The minimum absolute atomic E-state index is 0.0108. The van der Waals surface area contributed by atoms with Crippen LogP contribution in [0.1, 0.15) is 42.6 Å². The topological polar surface area (TPSA) is 89.8 Å². The second-order valence-electron chi connectivity index (χ2n) is 6.84. The summed E-state index contributed by atoms with van der Waals surface area (Å²) >= 11 is 1.40. The van der Waals surface area contributed by atoms with Crippen molar-refractivity contribution >= 4 is 29.1 Å². The van der Waals surface area contributed by atoms with Crippen LogP contribution in [0.5, 0.6) is 0 Å². The fraction of sp³-hybridized carbons (Fsp3) is 0.286. The number of anilines is 1. The van der Waals surface area contributed by atoms with Gasteiger partial charge in [-0.1, -0.05) is 18.7 Å². The van der Waals surface area contributed by atoms with Crippen LogP contribution in [0.3, 0.4) is 0 Å². The number of Topliss-reactive ketones (excluding diaryl/α,β-unsaturated/α-hetero) is 1. The summed E-state index contributed by atoms with van der Waals surface area (Å²) < 4.78 is 2.12. The molecule has 0 aliphatic heterocycles. The Morgan fingerprint density at radius 2 is 1.97 bits per heavy atom. The summed E-state index contributed by atoms with van der Waals surface area (Å²) in [4.78, 5) is 28.2. The van der Waals surface area contributed by atoms with Crippen molar-refractivity contribution < 1.29 is 9.59 Å². The normalized spacial score (nSPS) is 13.3. The lowest BCUT2D eigenvalue weighted by atomic mass is 10.1. The average Bonchev–Trinajstić information content (AvgIpc) is 3.51. The molecule has 8 heteroatoms. The Hall–Kier alpha value is -3.00. The van der Waals surface area contributed by atoms with E-state index in [0.717, 1.165) is 29.4 Å². The van der Waals surface area contributed by atoms with Gasteiger partial charge in [-0.05, 0) is 49.2 Å². The first-order chi connectivity index (χ1) is 14.2. The van der Waals surface area contributed by atoms with E-state index >= 15 is 0 Å². The summed E-state index contributed by atoms with van der Waals surface area (Å²) in [6.07, 6.45) is 6.12. The van der Waals surface area contributed by atoms with Gasteiger partial charge in [0.1, 0.15) is 0 Å². The molecule has 0 spiro atoms. The minimum atomic E-state index is -0.0523. The van der Waals surface area contributed by atoms with E-state index in [0.29, 0.717) is 23.7 Å². The molecule has 0 unspecified atom stereocenters. The Morgan fingerprint density at radius 1 is 1.17 bits per heavy atom. The summed E-state index contributed by atoms with van der Waals surface area (Å²) in [5.41, 5.74) is 2.22. The van der Waals surface area contributed by atoms with Gasteiger partial charge in [-0.2, -0.15) is 0 Å². The number of hydrogen-bond donors (Lipinski definition) is 1. The number of amides is 1. The lowest BCUT2D eigenvalue weighted by Gasteiger charge is -2.08.